The molecule has 0 radical (unpaired) electrons. The normalized spacial score (nSPS) is 12.6. The van der Waals surface area contributed by atoms with Gasteiger partial charge in [-0.1, -0.05) is 6.07 Å². The second-order valence-electron chi connectivity index (χ2n) is 4.65. The van der Waals surface area contributed by atoms with Crippen LogP contribution in [0.5, 0.6) is 0 Å². The Balaban J connectivity index is 2.43. The molecule has 1 unspecified atom stereocenters. The van der Waals surface area contributed by atoms with E-state index in [1.807, 2.05) is 36.6 Å². The largest absolute Gasteiger partial charge is 0.359 e. The lowest BCUT2D eigenvalue weighted by atomic mass is 10.2. The molecule has 0 saturated heterocycles. The third-order valence-electron chi connectivity index (χ3n) is 3.13. The van der Waals surface area contributed by atoms with E-state index in [9.17, 15) is 4.79 Å². The SMILES string of the molecule is CNC(=O)CCn1c(C(C)Cl)nc2cc(C)ccc21. The predicted octanol–water partition coefficient (Wildman–Crippen LogP) is 2.78. The summed E-state index contributed by atoms with van der Waals surface area (Å²) in [5, 5.41) is 2.44. The highest BCUT2D eigenvalue weighted by atomic mass is 35.5. The van der Waals surface area contributed by atoms with Gasteiger partial charge in [0.05, 0.1) is 16.4 Å². The van der Waals surface area contributed by atoms with Gasteiger partial charge < -0.3 is 9.88 Å². The van der Waals surface area contributed by atoms with E-state index in [0.717, 1.165) is 22.4 Å². The maximum absolute atomic E-state index is 11.4. The molecule has 1 aromatic carbocycles. The number of hydrogen-bond acceptors (Lipinski definition) is 2. The van der Waals surface area contributed by atoms with Gasteiger partial charge in [0.25, 0.3) is 0 Å². The van der Waals surface area contributed by atoms with E-state index in [1.165, 1.54) is 0 Å². The van der Waals surface area contributed by atoms with Gasteiger partial charge in [-0.05, 0) is 31.5 Å². The Morgan fingerprint density at radius 3 is 2.89 bits per heavy atom. The number of carbonyl (C=O) groups excluding carboxylic acids is 1. The Labute approximate surface area is 117 Å². The van der Waals surface area contributed by atoms with Crippen molar-refractivity contribution in [3.05, 3.63) is 29.6 Å². The number of rotatable bonds is 4. The van der Waals surface area contributed by atoms with Crippen LogP contribution in [-0.4, -0.2) is 22.5 Å². The molecular formula is C14H18ClN3O. The first-order valence-corrected chi connectivity index (χ1v) is 6.78. The van der Waals surface area contributed by atoms with Crippen LogP contribution in [0.25, 0.3) is 11.0 Å². The summed E-state index contributed by atoms with van der Waals surface area (Å²) < 4.78 is 2.03. The van der Waals surface area contributed by atoms with Crippen LogP contribution in [0, 0.1) is 6.92 Å². The zero-order chi connectivity index (χ0) is 14.0. The summed E-state index contributed by atoms with van der Waals surface area (Å²) in [5.41, 5.74) is 3.12. The van der Waals surface area contributed by atoms with Crippen LogP contribution in [-0.2, 0) is 11.3 Å². The number of fused-ring (bicyclic) bond motifs is 1. The maximum Gasteiger partial charge on any atom is 0.221 e. The van der Waals surface area contributed by atoms with Gasteiger partial charge in [-0.2, -0.15) is 0 Å². The molecule has 5 heteroatoms. The van der Waals surface area contributed by atoms with Gasteiger partial charge in [-0.3, -0.25) is 4.79 Å². The molecule has 2 rings (SSSR count). The summed E-state index contributed by atoms with van der Waals surface area (Å²) in [5.74, 6) is 0.827. The van der Waals surface area contributed by atoms with Gasteiger partial charge in [0.1, 0.15) is 5.82 Å². The fraction of sp³-hybridized carbons (Fsp3) is 0.429. The summed E-state index contributed by atoms with van der Waals surface area (Å²) >= 11 is 6.18. The summed E-state index contributed by atoms with van der Waals surface area (Å²) in [6.07, 6.45) is 0.423. The lowest BCUT2D eigenvalue weighted by Gasteiger charge is -2.10. The fourth-order valence-corrected chi connectivity index (χ4v) is 2.30. The van der Waals surface area contributed by atoms with Crippen LogP contribution in [0.15, 0.2) is 18.2 Å². The first-order chi connectivity index (χ1) is 9.02. The van der Waals surface area contributed by atoms with Gasteiger partial charge in [-0.15, -0.1) is 11.6 Å². The molecule has 2 aromatic rings. The number of aromatic nitrogens is 2. The summed E-state index contributed by atoms with van der Waals surface area (Å²) in [4.78, 5) is 16.0. The molecule has 1 aromatic heterocycles. The molecule has 4 nitrogen and oxygen atoms in total. The van der Waals surface area contributed by atoms with Crippen LogP contribution in [0.3, 0.4) is 0 Å². The number of amides is 1. The zero-order valence-electron chi connectivity index (χ0n) is 11.4. The van der Waals surface area contributed by atoms with Gasteiger partial charge in [-0.25, -0.2) is 4.98 Å². The average molecular weight is 280 g/mol. The molecule has 0 aliphatic carbocycles. The van der Waals surface area contributed by atoms with Crippen molar-refractivity contribution in [1.29, 1.82) is 0 Å². The molecule has 0 saturated carbocycles. The summed E-state index contributed by atoms with van der Waals surface area (Å²) in [7, 11) is 1.64. The Morgan fingerprint density at radius 1 is 1.53 bits per heavy atom. The van der Waals surface area contributed by atoms with E-state index >= 15 is 0 Å². The van der Waals surface area contributed by atoms with Crippen LogP contribution >= 0.6 is 11.6 Å². The monoisotopic (exact) mass is 279 g/mol. The van der Waals surface area contributed by atoms with Gasteiger partial charge in [0.15, 0.2) is 0 Å². The number of nitrogens with zero attached hydrogens (tertiary/aromatic N) is 2. The van der Waals surface area contributed by atoms with Crippen LogP contribution < -0.4 is 5.32 Å². The highest BCUT2D eigenvalue weighted by molar-refractivity contribution is 6.20. The second-order valence-corrected chi connectivity index (χ2v) is 5.31. The number of nitrogens with one attached hydrogen (secondary N) is 1. The minimum absolute atomic E-state index is 0.0159. The Kier molecular flexibility index (Phi) is 4.10. The van der Waals surface area contributed by atoms with Crippen molar-refractivity contribution in [2.75, 3.05) is 7.05 Å². The van der Waals surface area contributed by atoms with Crippen molar-refractivity contribution in [1.82, 2.24) is 14.9 Å². The van der Waals surface area contributed by atoms with Crippen molar-refractivity contribution in [3.63, 3.8) is 0 Å². The molecule has 0 aliphatic heterocycles. The molecule has 0 spiro atoms. The lowest BCUT2D eigenvalue weighted by molar-refractivity contribution is -0.120. The first-order valence-electron chi connectivity index (χ1n) is 6.34. The number of halogens is 1. The molecule has 0 bridgehead atoms. The second kappa shape index (κ2) is 5.61. The number of carbonyl (C=O) groups is 1. The van der Waals surface area contributed by atoms with Gasteiger partial charge in [0, 0.05) is 20.0 Å². The molecule has 1 heterocycles. The third kappa shape index (κ3) is 2.89. The minimum Gasteiger partial charge on any atom is -0.359 e. The third-order valence-corrected chi connectivity index (χ3v) is 3.33. The molecule has 0 fully saturated rings. The quantitative estimate of drug-likeness (QED) is 0.875. The van der Waals surface area contributed by atoms with Gasteiger partial charge >= 0.3 is 0 Å². The van der Waals surface area contributed by atoms with E-state index in [1.54, 1.807) is 7.05 Å². The lowest BCUT2D eigenvalue weighted by Crippen LogP contribution is -2.20. The number of alkyl halides is 1. The summed E-state index contributed by atoms with van der Waals surface area (Å²) in [6.45, 7) is 4.52. The number of hydrogen-bond donors (Lipinski definition) is 1. The molecule has 1 atom stereocenters. The molecule has 0 aliphatic rings. The van der Waals surface area contributed by atoms with Crippen LogP contribution in [0.2, 0.25) is 0 Å². The van der Waals surface area contributed by atoms with E-state index < -0.39 is 0 Å². The average Bonchev–Trinajstić information content (AvgIpc) is 2.73. The molecule has 19 heavy (non-hydrogen) atoms. The summed E-state index contributed by atoms with van der Waals surface area (Å²) in [6, 6.07) is 6.11. The van der Waals surface area contributed by atoms with Gasteiger partial charge in [0.2, 0.25) is 5.91 Å². The molecule has 1 N–H and O–H groups in total. The van der Waals surface area contributed by atoms with Crippen molar-refractivity contribution < 1.29 is 4.79 Å². The molecular weight excluding hydrogens is 262 g/mol. The Morgan fingerprint density at radius 2 is 2.26 bits per heavy atom. The fourth-order valence-electron chi connectivity index (χ4n) is 2.14. The van der Waals surface area contributed by atoms with E-state index in [2.05, 4.69) is 10.3 Å². The minimum atomic E-state index is -0.183. The number of benzene rings is 1. The van der Waals surface area contributed by atoms with Crippen LogP contribution in [0.1, 0.15) is 30.1 Å². The van der Waals surface area contributed by atoms with Crippen molar-refractivity contribution in [2.45, 2.75) is 32.2 Å². The Bertz CT molecular complexity index is 604. The van der Waals surface area contributed by atoms with E-state index in [4.69, 9.17) is 11.6 Å². The maximum atomic E-state index is 11.4. The van der Waals surface area contributed by atoms with E-state index in [-0.39, 0.29) is 11.3 Å². The zero-order valence-corrected chi connectivity index (χ0v) is 12.2. The predicted molar refractivity (Wildman–Crippen MR) is 77.4 cm³/mol. The molecule has 102 valence electrons. The Hall–Kier alpha value is -1.55. The number of imidazole rings is 1. The van der Waals surface area contributed by atoms with Crippen molar-refractivity contribution in [2.24, 2.45) is 0 Å². The van der Waals surface area contributed by atoms with E-state index in [0.29, 0.717) is 13.0 Å². The smallest absolute Gasteiger partial charge is 0.221 e. The number of aryl methyl sites for hydroxylation is 2. The van der Waals surface area contributed by atoms with Crippen molar-refractivity contribution in [3.8, 4) is 0 Å². The molecule has 1 amide bonds. The standard InChI is InChI=1S/C14H18ClN3O/c1-9-4-5-12-11(8-9)17-14(10(2)15)18(12)7-6-13(19)16-3/h4-5,8,10H,6-7H2,1-3H3,(H,16,19). The topological polar surface area (TPSA) is 46.9 Å². The highest BCUT2D eigenvalue weighted by Gasteiger charge is 2.15. The van der Waals surface area contributed by atoms with Crippen LogP contribution in [0.4, 0.5) is 0 Å². The van der Waals surface area contributed by atoms with Crippen molar-refractivity contribution >= 4 is 28.5 Å². The first kappa shape index (κ1) is 13.9. The highest BCUT2D eigenvalue weighted by Crippen LogP contribution is 2.25.